The molecular weight excluding hydrogens is 301 g/mol. The Balaban J connectivity index is 2.58. The van der Waals surface area contributed by atoms with E-state index in [9.17, 15) is 18.0 Å². The van der Waals surface area contributed by atoms with Gasteiger partial charge >= 0.3 is 12.1 Å². The fraction of sp³-hybridized carbons (Fsp3) is 0.182. The van der Waals surface area contributed by atoms with Gasteiger partial charge in [-0.2, -0.15) is 13.2 Å². The summed E-state index contributed by atoms with van der Waals surface area (Å²) in [7, 11) is 0. The third kappa shape index (κ3) is 2.46. The molecule has 0 spiro atoms. The lowest BCUT2D eigenvalue weighted by Crippen LogP contribution is -2.06. The molecule has 0 radical (unpaired) electrons. The highest BCUT2D eigenvalue weighted by molar-refractivity contribution is 6.33. The van der Waals surface area contributed by atoms with E-state index in [1.54, 1.807) is 0 Å². The Morgan fingerprint density at radius 3 is 2.55 bits per heavy atom. The molecule has 0 aliphatic heterocycles. The number of aryl methyl sites for hydroxylation is 1. The molecule has 0 bridgehead atoms. The van der Waals surface area contributed by atoms with Crippen LogP contribution in [-0.4, -0.2) is 21.2 Å². The highest BCUT2D eigenvalue weighted by Gasteiger charge is 2.32. The summed E-state index contributed by atoms with van der Waals surface area (Å²) in [6, 6.07) is 0.652. The Labute approximate surface area is 115 Å². The van der Waals surface area contributed by atoms with Crippen LogP contribution >= 0.6 is 11.6 Å². The van der Waals surface area contributed by atoms with E-state index in [0.29, 0.717) is 12.3 Å². The molecule has 0 atom stereocenters. The van der Waals surface area contributed by atoms with Crippen LogP contribution in [0.1, 0.15) is 21.7 Å². The molecule has 0 aliphatic rings. The number of rotatable bonds is 2. The van der Waals surface area contributed by atoms with E-state index in [4.69, 9.17) is 21.2 Å². The minimum Gasteiger partial charge on any atom is -0.477 e. The predicted molar refractivity (Wildman–Crippen MR) is 61.4 cm³/mol. The van der Waals surface area contributed by atoms with Crippen molar-refractivity contribution in [2.75, 3.05) is 0 Å². The van der Waals surface area contributed by atoms with Gasteiger partial charge in [-0.1, -0.05) is 16.8 Å². The molecule has 2 aromatic heterocycles. The van der Waals surface area contributed by atoms with E-state index >= 15 is 0 Å². The van der Waals surface area contributed by atoms with Gasteiger partial charge in [-0.3, -0.25) is 4.98 Å². The Hall–Kier alpha value is -2.09. The molecule has 0 aliphatic carbocycles. The van der Waals surface area contributed by atoms with Crippen LogP contribution in [0.2, 0.25) is 5.02 Å². The van der Waals surface area contributed by atoms with Gasteiger partial charge in [-0.15, -0.1) is 0 Å². The van der Waals surface area contributed by atoms with Crippen molar-refractivity contribution < 1.29 is 27.6 Å². The van der Waals surface area contributed by atoms with Crippen molar-refractivity contribution in [3.63, 3.8) is 0 Å². The number of carboxylic acid groups (broad SMARTS) is 1. The number of alkyl halides is 3. The van der Waals surface area contributed by atoms with Gasteiger partial charge in [0, 0.05) is 6.20 Å². The van der Waals surface area contributed by atoms with Gasteiger partial charge in [0.05, 0.1) is 10.6 Å². The summed E-state index contributed by atoms with van der Waals surface area (Å²) in [6.07, 6.45) is -4.04. The van der Waals surface area contributed by atoms with E-state index in [1.165, 1.54) is 6.92 Å². The van der Waals surface area contributed by atoms with Crippen LogP contribution in [0, 0.1) is 6.92 Å². The lowest BCUT2D eigenvalue weighted by molar-refractivity contribution is -0.137. The highest BCUT2D eigenvalue weighted by Crippen LogP contribution is 2.35. The lowest BCUT2D eigenvalue weighted by atomic mass is 10.1. The molecule has 9 heteroatoms. The molecule has 2 rings (SSSR count). The van der Waals surface area contributed by atoms with Crippen molar-refractivity contribution in [2.24, 2.45) is 0 Å². The molecule has 106 valence electrons. The van der Waals surface area contributed by atoms with Gasteiger partial charge in [-0.25, -0.2) is 4.79 Å². The van der Waals surface area contributed by atoms with Crippen LogP contribution in [0.4, 0.5) is 13.2 Å². The third-order valence-electron chi connectivity index (χ3n) is 2.47. The fourth-order valence-corrected chi connectivity index (χ4v) is 1.81. The number of aromatic nitrogens is 2. The zero-order valence-corrected chi connectivity index (χ0v) is 10.6. The van der Waals surface area contributed by atoms with Gasteiger partial charge in [0.15, 0.2) is 0 Å². The first-order chi connectivity index (χ1) is 9.21. The second-order valence-corrected chi connectivity index (χ2v) is 4.23. The van der Waals surface area contributed by atoms with Crippen molar-refractivity contribution in [3.8, 4) is 11.4 Å². The Kier molecular flexibility index (Phi) is 3.43. The molecule has 0 fully saturated rings. The van der Waals surface area contributed by atoms with Gasteiger partial charge in [0.2, 0.25) is 0 Å². The fourth-order valence-electron chi connectivity index (χ4n) is 1.55. The van der Waals surface area contributed by atoms with E-state index in [1.807, 2.05) is 0 Å². The lowest BCUT2D eigenvalue weighted by Gasteiger charge is -2.08. The van der Waals surface area contributed by atoms with E-state index in [-0.39, 0.29) is 27.7 Å². The standard InChI is InChI=1S/C11H6ClF3N2O3/c1-4-7(10(18)19)9(17-20-4)8-6(12)2-5(3-16-8)11(13,14)15/h2-3H,1H3,(H,18,19). The van der Waals surface area contributed by atoms with E-state index < -0.39 is 17.7 Å². The number of hydrogen-bond acceptors (Lipinski definition) is 4. The SMILES string of the molecule is Cc1onc(-c2ncc(C(F)(F)F)cc2Cl)c1C(=O)O. The second-order valence-electron chi connectivity index (χ2n) is 3.82. The smallest absolute Gasteiger partial charge is 0.417 e. The molecule has 5 nitrogen and oxygen atoms in total. The van der Waals surface area contributed by atoms with Crippen molar-refractivity contribution in [3.05, 3.63) is 34.2 Å². The topological polar surface area (TPSA) is 76.2 Å². The summed E-state index contributed by atoms with van der Waals surface area (Å²) < 4.78 is 42.2. The number of halogens is 4. The minimum absolute atomic E-state index is 0.00487. The molecule has 0 unspecified atom stereocenters. The van der Waals surface area contributed by atoms with E-state index in [2.05, 4.69) is 10.1 Å². The van der Waals surface area contributed by atoms with Crippen LogP contribution in [0.3, 0.4) is 0 Å². The summed E-state index contributed by atoms with van der Waals surface area (Å²) in [6.45, 7) is 1.36. The zero-order valence-electron chi connectivity index (χ0n) is 9.82. The normalized spacial score (nSPS) is 11.7. The summed E-state index contributed by atoms with van der Waals surface area (Å²) >= 11 is 5.72. The Morgan fingerprint density at radius 2 is 2.05 bits per heavy atom. The Bertz CT molecular complexity index is 682. The largest absolute Gasteiger partial charge is 0.477 e. The summed E-state index contributed by atoms with van der Waals surface area (Å²) in [5.74, 6) is -1.33. The van der Waals surface area contributed by atoms with Gasteiger partial charge in [0.1, 0.15) is 22.7 Å². The summed E-state index contributed by atoms with van der Waals surface area (Å²) in [5, 5.41) is 12.1. The summed E-state index contributed by atoms with van der Waals surface area (Å²) in [4.78, 5) is 14.6. The maximum Gasteiger partial charge on any atom is 0.417 e. The molecule has 2 heterocycles. The Morgan fingerprint density at radius 1 is 1.40 bits per heavy atom. The molecule has 2 aromatic rings. The van der Waals surface area contributed by atoms with Crippen molar-refractivity contribution in [2.45, 2.75) is 13.1 Å². The number of pyridine rings is 1. The van der Waals surface area contributed by atoms with E-state index in [0.717, 1.165) is 0 Å². The average Bonchev–Trinajstić information content (AvgIpc) is 2.69. The first kappa shape index (κ1) is 14.3. The van der Waals surface area contributed by atoms with Crippen LogP contribution in [0.25, 0.3) is 11.4 Å². The molecule has 1 N–H and O–H groups in total. The third-order valence-corrected chi connectivity index (χ3v) is 2.76. The highest BCUT2D eigenvalue weighted by atomic mass is 35.5. The number of nitrogens with zero attached hydrogens (tertiary/aromatic N) is 2. The van der Waals surface area contributed by atoms with Crippen molar-refractivity contribution in [1.82, 2.24) is 10.1 Å². The number of carboxylic acids is 1. The first-order valence-electron chi connectivity index (χ1n) is 5.14. The van der Waals surface area contributed by atoms with Crippen LogP contribution in [0.15, 0.2) is 16.8 Å². The molecular formula is C11H6ClF3N2O3. The van der Waals surface area contributed by atoms with Gasteiger partial charge in [0.25, 0.3) is 0 Å². The minimum atomic E-state index is -4.59. The van der Waals surface area contributed by atoms with Crippen molar-refractivity contribution in [1.29, 1.82) is 0 Å². The maximum absolute atomic E-state index is 12.5. The predicted octanol–water partition coefficient (Wildman–Crippen LogP) is 3.42. The second kappa shape index (κ2) is 4.78. The molecule has 20 heavy (non-hydrogen) atoms. The summed E-state index contributed by atoms with van der Waals surface area (Å²) in [5.41, 5.74) is -1.73. The first-order valence-corrected chi connectivity index (χ1v) is 5.52. The van der Waals surface area contributed by atoms with Crippen LogP contribution in [-0.2, 0) is 6.18 Å². The molecule has 0 saturated carbocycles. The monoisotopic (exact) mass is 306 g/mol. The number of hydrogen-bond donors (Lipinski definition) is 1. The molecule has 0 aromatic carbocycles. The molecule has 0 amide bonds. The van der Waals surface area contributed by atoms with Gasteiger partial charge in [-0.05, 0) is 13.0 Å². The maximum atomic E-state index is 12.5. The molecule has 0 saturated heterocycles. The zero-order chi connectivity index (χ0) is 15.1. The number of aromatic carboxylic acids is 1. The average molecular weight is 307 g/mol. The van der Waals surface area contributed by atoms with Crippen LogP contribution < -0.4 is 0 Å². The van der Waals surface area contributed by atoms with Gasteiger partial charge < -0.3 is 9.63 Å². The number of carbonyl (C=O) groups is 1. The van der Waals surface area contributed by atoms with Crippen molar-refractivity contribution >= 4 is 17.6 Å². The quantitative estimate of drug-likeness (QED) is 0.920. The van der Waals surface area contributed by atoms with Crippen LogP contribution in [0.5, 0.6) is 0 Å².